The highest BCUT2D eigenvalue weighted by molar-refractivity contribution is 7.98. The number of rotatable bonds is 8. The average Bonchev–Trinajstić information content (AvgIpc) is 2.80. The van der Waals surface area contributed by atoms with Crippen molar-refractivity contribution in [3.8, 4) is 11.1 Å². The van der Waals surface area contributed by atoms with E-state index in [1.165, 1.54) is 27.5 Å². The number of benzene rings is 4. The van der Waals surface area contributed by atoms with Gasteiger partial charge in [0.1, 0.15) is 0 Å². The highest BCUT2D eigenvalue weighted by atomic mass is 32.2. The topological polar surface area (TPSA) is 29.1 Å². The summed E-state index contributed by atoms with van der Waals surface area (Å²) >= 11 is 1.85. The lowest BCUT2D eigenvalue weighted by Gasteiger charge is -2.08. The van der Waals surface area contributed by atoms with Gasteiger partial charge in [0.2, 0.25) is 5.91 Å². The van der Waals surface area contributed by atoms with Crippen LogP contribution in [0, 0.1) is 0 Å². The maximum absolute atomic E-state index is 12.3. The highest BCUT2D eigenvalue weighted by Crippen LogP contribution is 2.22. The Balaban J connectivity index is 1.21. The molecule has 2 nitrogen and oxygen atoms in total. The van der Waals surface area contributed by atoms with Crippen molar-refractivity contribution in [2.45, 2.75) is 12.2 Å². The molecule has 0 fully saturated rings. The predicted molar refractivity (Wildman–Crippen MR) is 129 cm³/mol. The minimum absolute atomic E-state index is 0.0771. The monoisotopic (exact) mass is 411 g/mol. The Kier molecular flexibility index (Phi) is 6.83. The fraction of sp³-hybridized carbons (Fsp3) is 0.148. The van der Waals surface area contributed by atoms with Crippen LogP contribution in [0.1, 0.15) is 11.1 Å². The second kappa shape index (κ2) is 10.1. The summed E-state index contributed by atoms with van der Waals surface area (Å²) in [7, 11) is 0. The molecule has 30 heavy (non-hydrogen) atoms. The van der Waals surface area contributed by atoms with Crippen molar-refractivity contribution in [3.63, 3.8) is 0 Å². The van der Waals surface area contributed by atoms with Gasteiger partial charge in [-0.05, 0) is 33.0 Å². The van der Waals surface area contributed by atoms with Gasteiger partial charge in [-0.3, -0.25) is 4.79 Å². The van der Waals surface area contributed by atoms with Gasteiger partial charge in [0.05, 0.1) is 6.42 Å². The van der Waals surface area contributed by atoms with E-state index in [1.54, 1.807) is 0 Å². The molecule has 0 saturated heterocycles. The molecule has 1 N–H and O–H groups in total. The third kappa shape index (κ3) is 5.31. The summed E-state index contributed by atoms with van der Waals surface area (Å²) in [6.45, 7) is 0.691. The van der Waals surface area contributed by atoms with Gasteiger partial charge < -0.3 is 5.32 Å². The number of carbonyl (C=O) groups is 1. The zero-order valence-electron chi connectivity index (χ0n) is 16.9. The molecule has 4 aromatic carbocycles. The number of thioether (sulfide) groups is 1. The van der Waals surface area contributed by atoms with Crippen LogP contribution in [0.25, 0.3) is 21.9 Å². The van der Waals surface area contributed by atoms with Gasteiger partial charge in [-0.1, -0.05) is 97.1 Å². The number of hydrogen-bond donors (Lipinski definition) is 1. The number of nitrogens with one attached hydrogen (secondary N) is 1. The van der Waals surface area contributed by atoms with Crippen molar-refractivity contribution in [2.24, 2.45) is 0 Å². The van der Waals surface area contributed by atoms with E-state index in [-0.39, 0.29) is 5.91 Å². The molecule has 0 spiro atoms. The van der Waals surface area contributed by atoms with E-state index in [1.807, 2.05) is 42.1 Å². The minimum Gasteiger partial charge on any atom is -0.355 e. The van der Waals surface area contributed by atoms with Crippen LogP contribution in [-0.4, -0.2) is 18.2 Å². The first-order valence-electron chi connectivity index (χ1n) is 10.2. The molecule has 150 valence electrons. The molecule has 4 rings (SSSR count). The van der Waals surface area contributed by atoms with Crippen LogP contribution in [0.2, 0.25) is 0 Å². The van der Waals surface area contributed by atoms with Crippen molar-refractivity contribution < 1.29 is 4.79 Å². The van der Waals surface area contributed by atoms with Crippen molar-refractivity contribution in [3.05, 3.63) is 108 Å². The van der Waals surface area contributed by atoms with Gasteiger partial charge in [0, 0.05) is 18.1 Å². The molecule has 0 saturated carbocycles. The summed E-state index contributed by atoms with van der Waals surface area (Å²) in [5.41, 5.74) is 4.75. The van der Waals surface area contributed by atoms with Crippen LogP contribution in [-0.2, 0) is 17.0 Å². The number of carbonyl (C=O) groups excluding carboxylic acids is 1. The molecule has 0 atom stereocenters. The Morgan fingerprint density at radius 3 is 2.27 bits per heavy atom. The SMILES string of the molecule is O=C(Cc1ccc(-c2ccccc2)cc1)NCCSCc1cccc2ccccc12. The smallest absolute Gasteiger partial charge is 0.224 e. The van der Waals surface area contributed by atoms with Crippen molar-refractivity contribution in [1.29, 1.82) is 0 Å². The fourth-order valence-corrected chi connectivity index (χ4v) is 4.42. The maximum atomic E-state index is 12.3. The third-order valence-corrected chi connectivity index (χ3v) is 6.14. The Labute approximate surface area is 182 Å². The van der Waals surface area contributed by atoms with Crippen LogP contribution >= 0.6 is 11.8 Å². The van der Waals surface area contributed by atoms with E-state index >= 15 is 0 Å². The zero-order chi connectivity index (χ0) is 20.6. The molecule has 0 heterocycles. The quantitative estimate of drug-likeness (QED) is 0.355. The van der Waals surface area contributed by atoms with E-state index in [4.69, 9.17) is 0 Å². The molecule has 0 radical (unpaired) electrons. The maximum Gasteiger partial charge on any atom is 0.224 e. The molecule has 0 unspecified atom stereocenters. The van der Waals surface area contributed by atoms with E-state index in [0.29, 0.717) is 13.0 Å². The molecule has 4 aromatic rings. The number of hydrogen-bond acceptors (Lipinski definition) is 2. The van der Waals surface area contributed by atoms with E-state index in [2.05, 4.69) is 72.0 Å². The molecule has 1 amide bonds. The van der Waals surface area contributed by atoms with E-state index in [9.17, 15) is 4.79 Å². The fourth-order valence-electron chi connectivity index (χ4n) is 3.56. The Morgan fingerprint density at radius 2 is 1.43 bits per heavy atom. The van der Waals surface area contributed by atoms with Crippen molar-refractivity contribution >= 4 is 28.4 Å². The lowest BCUT2D eigenvalue weighted by molar-refractivity contribution is -0.120. The normalized spacial score (nSPS) is 10.8. The summed E-state index contributed by atoms with van der Waals surface area (Å²) in [4.78, 5) is 12.3. The number of amides is 1. The van der Waals surface area contributed by atoms with Gasteiger partial charge in [0.25, 0.3) is 0 Å². The third-order valence-electron chi connectivity index (χ3n) is 5.13. The van der Waals surface area contributed by atoms with Crippen LogP contribution in [0.15, 0.2) is 97.1 Å². The first-order chi connectivity index (χ1) is 14.8. The van der Waals surface area contributed by atoms with Crippen LogP contribution in [0.5, 0.6) is 0 Å². The molecule has 0 aliphatic heterocycles. The van der Waals surface area contributed by atoms with E-state index < -0.39 is 0 Å². The Bertz CT molecular complexity index is 1100. The summed E-state index contributed by atoms with van der Waals surface area (Å²) in [5, 5.41) is 5.64. The van der Waals surface area contributed by atoms with Crippen molar-refractivity contribution in [2.75, 3.05) is 12.3 Å². The lowest BCUT2D eigenvalue weighted by atomic mass is 10.0. The molecule has 0 bridgehead atoms. The zero-order valence-corrected chi connectivity index (χ0v) is 17.7. The first kappa shape index (κ1) is 20.2. The summed E-state index contributed by atoms with van der Waals surface area (Å²) in [6, 6.07) is 33.5. The molecular formula is C27H25NOS. The van der Waals surface area contributed by atoms with Crippen LogP contribution in [0.3, 0.4) is 0 Å². The highest BCUT2D eigenvalue weighted by Gasteiger charge is 2.05. The lowest BCUT2D eigenvalue weighted by Crippen LogP contribution is -2.27. The minimum atomic E-state index is 0.0771. The molecular weight excluding hydrogens is 386 g/mol. The molecule has 0 aliphatic rings. The predicted octanol–water partition coefficient (Wildman–Crippen LogP) is 6.10. The first-order valence-corrected chi connectivity index (χ1v) is 11.4. The molecule has 0 aromatic heterocycles. The van der Waals surface area contributed by atoms with Gasteiger partial charge in [-0.25, -0.2) is 0 Å². The molecule has 0 aliphatic carbocycles. The van der Waals surface area contributed by atoms with E-state index in [0.717, 1.165) is 17.1 Å². The second-order valence-corrected chi connectivity index (χ2v) is 8.39. The largest absolute Gasteiger partial charge is 0.355 e. The summed E-state index contributed by atoms with van der Waals surface area (Å²) < 4.78 is 0. The van der Waals surface area contributed by atoms with Crippen LogP contribution < -0.4 is 5.32 Å². The average molecular weight is 412 g/mol. The van der Waals surface area contributed by atoms with Crippen molar-refractivity contribution in [1.82, 2.24) is 5.32 Å². The second-order valence-electron chi connectivity index (χ2n) is 7.28. The Hall–Kier alpha value is -3.04. The summed E-state index contributed by atoms with van der Waals surface area (Å²) in [5.74, 6) is 1.94. The Morgan fingerprint density at radius 1 is 0.733 bits per heavy atom. The summed E-state index contributed by atoms with van der Waals surface area (Å²) in [6.07, 6.45) is 0.420. The number of fused-ring (bicyclic) bond motifs is 1. The molecule has 3 heteroatoms. The van der Waals surface area contributed by atoms with Crippen LogP contribution in [0.4, 0.5) is 0 Å². The van der Waals surface area contributed by atoms with Gasteiger partial charge in [0.15, 0.2) is 0 Å². The van der Waals surface area contributed by atoms with Gasteiger partial charge in [-0.15, -0.1) is 0 Å². The van der Waals surface area contributed by atoms with Gasteiger partial charge >= 0.3 is 0 Å². The van der Waals surface area contributed by atoms with Gasteiger partial charge in [-0.2, -0.15) is 11.8 Å². The standard InChI is InChI=1S/C27H25NOS/c29-27(19-21-13-15-23(16-14-21)22-7-2-1-3-8-22)28-17-18-30-20-25-11-6-10-24-9-4-5-12-26(24)25/h1-16H,17-20H2,(H,28,29).